The maximum absolute atomic E-state index is 11.9. The molecule has 0 amide bonds. The van der Waals surface area contributed by atoms with Crippen LogP contribution in [0.25, 0.3) is 10.8 Å². The summed E-state index contributed by atoms with van der Waals surface area (Å²) in [6, 6.07) is 7.62. The Hall–Kier alpha value is -1.09. The summed E-state index contributed by atoms with van der Waals surface area (Å²) in [7, 11) is 0. The van der Waals surface area contributed by atoms with Gasteiger partial charge in [-0.2, -0.15) is 0 Å². The highest BCUT2D eigenvalue weighted by molar-refractivity contribution is 9.10. The maximum Gasteiger partial charge on any atom is 0.258 e. The Labute approximate surface area is 90.3 Å². The molecule has 0 N–H and O–H groups in total. The van der Waals surface area contributed by atoms with Crippen molar-refractivity contribution in [3.8, 4) is 0 Å². The van der Waals surface area contributed by atoms with Gasteiger partial charge in [-0.1, -0.05) is 18.2 Å². The van der Waals surface area contributed by atoms with Crippen molar-refractivity contribution in [2.75, 3.05) is 0 Å². The third kappa shape index (κ3) is 1.38. The van der Waals surface area contributed by atoms with Crippen LogP contribution in [-0.2, 0) is 6.54 Å². The van der Waals surface area contributed by atoms with E-state index in [0.717, 1.165) is 15.2 Å². The summed E-state index contributed by atoms with van der Waals surface area (Å²) in [5.41, 5.74) is 0.0753. The van der Waals surface area contributed by atoms with E-state index >= 15 is 0 Å². The Morgan fingerprint density at radius 2 is 1.93 bits per heavy atom. The lowest BCUT2D eigenvalue weighted by Crippen LogP contribution is -2.18. The first kappa shape index (κ1) is 9.46. The number of fused-ring (bicyclic) bond motifs is 1. The molecule has 0 saturated heterocycles. The molecule has 2 rings (SSSR count). The molecule has 0 aliphatic heterocycles. The van der Waals surface area contributed by atoms with Gasteiger partial charge in [0.15, 0.2) is 0 Å². The minimum absolute atomic E-state index is 0.0753. The number of pyridine rings is 1. The van der Waals surface area contributed by atoms with E-state index in [2.05, 4.69) is 15.9 Å². The van der Waals surface area contributed by atoms with Gasteiger partial charge in [-0.25, -0.2) is 0 Å². The van der Waals surface area contributed by atoms with Gasteiger partial charge in [-0.15, -0.1) is 0 Å². The summed E-state index contributed by atoms with van der Waals surface area (Å²) < 4.78 is 2.67. The second-order valence-electron chi connectivity index (χ2n) is 3.11. The van der Waals surface area contributed by atoms with E-state index in [4.69, 9.17) is 0 Å². The summed E-state index contributed by atoms with van der Waals surface area (Å²) in [6.07, 6.45) is 1.84. The van der Waals surface area contributed by atoms with Crippen LogP contribution in [0.5, 0.6) is 0 Å². The van der Waals surface area contributed by atoms with Gasteiger partial charge < -0.3 is 4.57 Å². The molecule has 0 radical (unpaired) electrons. The van der Waals surface area contributed by atoms with E-state index < -0.39 is 0 Å². The largest absolute Gasteiger partial charge is 0.314 e. The Kier molecular flexibility index (Phi) is 2.42. The molecule has 1 aromatic heterocycles. The van der Waals surface area contributed by atoms with Crippen molar-refractivity contribution in [1.82, 2.24) is 4.57 Å². The lowest BCUT2D eigenvalue weighted by Gasteiger charge is -2.05. The fourth-order valence-corrected chi connectivity index (χ4v) is 2.13. The SMILES string of the molecule is CCn1cc(Br)c2ccccc2c1=O. The molecule has 0 fully saturated rings. The van der Waals surface area contributed by atoms with Crippen molar-refractivity contribution in [2.45, 2.75) is 13.5 Å². The second kappa shape index (κ2) is 3.58. The molecular formula is C11H10BrNO. The minimum atomic E-state index is 0.0753. The maximum atomic E-state index is 11.9. The average Bonchev–Trinajstić information content (AvgIpc) is 2.23. The van der Waals surface area contributed by atoms with Gasteiger partial charge >= 0.3 is 0 Å². The topological polar surface area (TPSA) is 22.0 Å². The van der Waals surface area contributed by atoms with Crippen molar-refractivity contribution in [3.05, 3.63) is 45.3 Å². The van der Waals surface area contributed by atoms with Crippen LogP contribution in [-0.4, -0.2) is 4.57 Å². The molecular weight excluding hydrogens is 242 g/mol. The molecule has 2 nitrogen and oxygen atoms in total. The quantitative estimate of drug-likeness (QED) is 0.764. The number of hydrogen-bond acceptors (Lipinski definition) is 1. The molecule has 1 aromatic carbocycles. The van der Waals surface area contributed by atoms with Gasteiger partial charge in [0.2, 0.25) is 0 Å². The zero-order chi connectivity index (χ0) is 10.1. The predicted molar refractivity (Wildman–Crippen MR) is 61.6 cm³/mol. The van der Waals surface area contributed by atoms with E-state index in [-0.39, 0.29) is 5.56 Å². The van der Waals surface area contributed by atoms with E-state index in [1.807, 2.05) is 37.4 Å². The van der Waals surface area contributed by atoms with Crippen LogP contribution in [0.3, 0.4) is 0 Å². The van der Waals surface area contributed by atoms with Crippen molar-refractivity contribution in [1.29, 1.82) is 0 Å². The normalized spacial score (nSPS) is 10.7. The Morgan fingerprint density at radius 1 is 1.29 bits per heavy atom. The third-order valence-corrected chi connectivity index (χ3v) is 2.92. The van der Waals surface area contributed by atoms with Crippen LogP contribution in [0.15, 0.2) is 39.7 Å². The minimum Gasteiger partial charge on any atom is -0.314 e. The van der Waals surface area contributed by atoms with Gasteiger partial charge in [0.1, 0.15) is 0 Å². The fraction of sp³-hybridized carbons (Fsp3) is 0.182. The molecule has 0 aliphatic rings. The standard InChI is InChI=1S/C11H10BrNO/c1-2-13-7-10(12)8-5-3-4-6-9(8)11(13)14/h3-7H,2H2,1H3. The lowest BCUT2D eigenvalue weighted by atomic mass is 10.2. The molecule has 0 atom stereocenters. The van der Waals surface area contributed by atoms with Crippen LogP contribution >= 0.6 is 15.9 Å². The van der Waals surface area contributed by atoms with Gasteiger partial charge in [-0.05, 0) is 28.9 Å². The summed E-state index contributed by atoms with van der Waals surface area (Å²) in [5, 5.41) is 1.74. The van der Waals surface area contributed by atoms with E-state index in [1.54, 1.807) is 4.57 Å². The molecule has 0 saturated carbocycles. The van der Waals surface area contributed by atoms with Crippen molar-refractivity contribution in [3.63, 3.8) is 0 Å². The average molecular weight is 252 g/mol. The number of nitrogens with zero attached hydrogens (tertiary/aromatic N) is 1. The summed E-state index contributed by atoms with van der Waals surface area (Å²) in [4.78, 5) is 11.9. The molecule has 0 unspecified atom stereocenters. The molecule has 0 bridgehead atoms. The molecule has 14 heavy (non-hydrogen) atoms. The molecule has 0 spiro atoms. The van der Waals surface area contributed by atoms with Crippen molar-refractivity contribution < 1.29 is 0 Å². The van der Waals surface area contributed by atoms with Crippen LogP contribution in [0.1, 0.15) is 6.92 Å². The van der Waals surface area contributed by atoms with Crippen LogP contribution in [0.4, 0.5) is 0 Å². The van der Waals surface area contributed by atoms with E-state index in [1.165, 1.54) is 0 Å². The molecule has 3 heteroatoms. The highest BCUT2D eigenvalue weighted by atomic mass is 79.9. The summed E-state index contributed by atoms with van der Waals surface area (Å²) in [5.74, 6) is 0. The first-order chi connectivity index (χ1) is 6.74. The summed E-state index contributed by atoms with van der Waals surface area (Å²) in [6.45, 7) is 2.66. The van der Waals surface area contributed by atoms with Crippen LogP contribution in [0, 0.1) is 0 Å². The van der Waals surface area contributed by atoms with Crippen LogP contribution < -0.4 is 5.56 Å². The number of hydrogen-bond donors (Lipinski definition) is 0. The molecule has 72 valence electrons. The Balaban J connectivity index is 2.95. The first-order valence-corrected chi connectivity index (χ1v) is 5.31. The third-order valence-electron chi connectivity index (χ3n) is 2.29. The fourth-order valence-electron chi connectivity index (χ4n) is 1.53. The van der Waals surface area contributed by atoms with Crippen LogP contribution in [0.2, 0.25) is 0 Å². The molecule has 1 heterocycles. The van der Waals surface area contributed by atoms with Crippen molar-refractivity contribution in [2.24, 2.45) is 0 Å². The van der Waals surface area contributed by atoms with Gasteiger partial charge in [-0.3, -0.25) is 4.79 Å². The second-order valence-corrected chi connectivity index (χ2v) is 3.97. The monoisotopic (exact) mass is 251 g/mol. The Bertz CT molecular complexity index is 530. The number of aryl methyl sites for hydroxylation is 1. The van der Waals surface area contributed by atoms with Crippen molar-refractivity contribution >= 4 is 26.7 Å². The predicted octanol–water partition coefficient (Wildman–Crippen LogP) is 2.78. The van der Waals surface area contributed by atoms with Gasteiger partial charge in [0, 0.05) is 28.0 Å². The molecule has 2 aromatic rings. The lowest BCUT2D eigenvalue weighted by molar-refractivity contribution is 0.732. The number of rotatable bonds is 1. The van der Waals surface area contributed by atoms with E-state index in [0.29, 0.717) is 6.54 Å². The molecule has 0 aliphatic carbocycles. The highest BCUT2D eigenvalue weighted by Crippen LogP contribution is 2.20. The van der Waals surface area contributed by atoms with Gasteiger partial charge in [0.05, 0.1) is 0 Å². The first-order valence-electron chi connectivity index (χ1n) is 4.51. The number of halogens is 1. The van der Waals surface area contributed by atoms with E-state index in [9.17, 15) is 4.79 Å². The van der Waals surface area contributed by atoms with Gasteiger partial charge in [0.25, 0.3) is 5.56 Å². The summed E-state index contributed by atoms with van der Waals surface area (Å²) >= 11 is 3.46. The number of aromatic nitrogens is 1. The zero-order valence-corrected chi connectivity index (χ0v) is 9.41. The zero-order valence-electron chi connectivity index (χ0n) is 7.83. The smallest absolute Gasteiger partial charge is 0.258 e. The number of benzene rings is 1. The highest BCUT2D eigenvalue weighted by Gasteiger charge is 2.04. The Morgan fingerprint density at radius 3 is 2.57 bits per heavy atom.